The Hall–Kier alpha value is -1.87. The number of thioether (sulfide) groups is 1. The SMILES string of the molecule is CCCCN1C(=O)[C@@]2(SC(NC(C)=O)=NN2C(C)=O)c2cc(Br)ccc21. The van der Waals surface area contributed by atoms with Crippen LogP contribution >= 0.6 is 27.7 Å². The molecule has 2 aliphatic heterocycles. The summed E-state index contributed by atoms with van der Waals surface area (Å²) >= 11 is 4.54. The summed E-state index contributed by atoms with van der Waals surface area (Å²) in [5, 5.41) is 8.25. The first-order valence-corrected chi connectivity index (χ1v) is 9.90. The largest absolute Gasteiger partial charge is 0.309 e. The predicted molar refractivity (Wildman–Crippen MR) is 104 cm³/mol. The summed E-state index contributed by atoms with van der Waals surface area (Å²) in [6, 6.07) is 5.59. The van der Waals surface area contributed by atoms with Crippen LogP contribution in [0.2, 0.25) is 0 Å². The molecule has 0 aliphatic carbocycles. The van der Waals surface area contributed by atoms with Crippen molar-refractivity contribution in [2.75, 3.05) is 11.4 Å². The molecule has 3 rings (SSSR count). The summed E-state index contributed by atoms with van der Waals surface area (Å²) in [6.45, 7) is 5.35. The number of rotatable bonds is 3. The van der Waals surface area contributed by atoms with E-state index in [1.165, 1.54) is 18.9 Å². The van der Waals surface area contributed by atoms with Gasteiger partial charge >= 0.3 is 0 Å². The molecule has 138 valence electrons. The number of halogens is 1. The van der Waals surface area contributed by atoms with Crippen LogP contribution < -0.4 is 10.2 Å². The van der Waals surface area contributed by atoms with Gasteiger partial charge in [-0.05, 0) is 36.4 Å². The molecule has 0 saturated heterocycles. The van der Waals surface area contributed by atoms with E-state index in [1.807, 2.05) is 18.2 Å². The van der Waals surface area contributed by atoms with Crippen LogP contribution in [0.5, 0.6) is 0 Å². The highest BCUT2D eigenvalue weighted by atomic mass is 79.9. The molecular weight excluding hydrogens is 420 g/mol. The minimum absolute atomic E-state index is 0.219. The Kier molecular flexibility index (Phi) is 5.12. The normalized spacial score (nSPS) is 21.2. The van der Waals surface area contributed by atoms with Gasteiger partial charge in [0.25, 0.3) is 5.91 Å². The first kappa shape index (κ1) is 18.9. The average Bonchev–Trinajstić information content (AvgIpc) is 3.04. The van der Waals surface area contributed by atoms with E-state index in [9.17, 15) is 14.4 Å². The summed E-state index contributed by atoms with van der Waals surface area (Å²) in [6.07, 6.45) is 1.79. The number of carbonyl (C=O) groups is 3. The number of unbranched alkanes of at least 4 members (excludes halogenated alkanes) is 1. The molecule has 1 spiro atoms. The van der Waals surface area contributed by atoms with E-state index in [0.29, 0.717) is 12.1 Å². The average molecular weight is 439 g/mol. The van der Waals surface area contributed by atoms with Crippen LogP contribution in [0.15, 0.2) is 27.8 Å². The molecular formula is C17H19BrN4O3S. The number of carbonyl (C=O) groups excluding carboxylic acids is 3. The number of nitrogens with zero attached hydrogens (tertiary/aromatic N) is 3. The molecule has 26 heavy (non-hydrogen) atoms. The van der Waals surface area contributed by atoms with Crippen molar-refractivity contribution < 1.29 is 14.4 Å². The second-order valence-corrected chi connectivity index (χ2v) is 8.23. The molecule has 3 amide bonds. The smallest absolute Gasteiger partial charge is 0.270 e. The summed E-state index contributed by atoms with van der Waals surface area (Å²) in [4.78, 5) is 37.6. The molecule has 0 fully saturated rings. The molecule has 0 radical (unpaired) electrons. The molecule has 1 N–H and O–H groups in total. The third kappa shape index (κ3) is 2.92. The number of hydrogen-bond acceptors (Lipinski definition) is 5. The first-order chi connectivity index (χ1) is 12.3. The number of anilines is 1. The van der Waals surface area contributed by atoms with E-state index >= 15 is 0 Å². The molecule has 9 heteroatoms. The van der Waals surface area contributed by atoms with E-state index in [2.05, 4.69) is 33.3 Å². The zero-order chi connectivity index (χ0) is 19.1. The number of hydrogen-bond donors (Lipinski definition) is 1. The molecule has 7 nitrogen and oxygen atoms in total. The van der Waals surface area contributed by atoms with E-state index < -0.39 is 4.87 Å². The van der Waals surface area contributed by atoms with Gasteiger partial charge in [-0.25, -0.2) is 0 Å². The van der Waals surface area contributed by atoms with Crippen LogP contribution in [-0.4, -0.2) is 34.4 Å². The summed E-state index contributed by atoms with van der Waals surface area (Å²) in [7, 11) is 0. The minimum atomic E-state index is -1.32. The van der Waals surface area contributed by atoms with Gasteiger partial charge in [-0.3, -0.25) is 14.4 Å². The number of amidine groups is 1. The molecule has 1 atom stereocenters. The predicted octanol–water partition coefficient (Wildman–Crippen LogP) is 2.75. The Morgan fingerprint density at radius 2 is 2.08 bits per heavy atom. The molecule has 1 aromatic rings. The monoisotopic (exact) mass is 438 g/mol. The van der Waals surface area contributed by atoms with Gasteiger partial charge in [0.15, 0.2) is 5.17 Å². The van der Waals surface area contributed by atoms with Gasteiger partial charge in [0.2, 0.25) is 16.7 Å². The maximum atomic E-state index is 13.5. The van der Waals surface area contributed by atoms with Crippen LogP contribution in [0.1, 0.15) is 39.2 Å². The molecule has 2 heterocycles. The zero-order valence-electron chi connectivity index (χ0n) is 14.7. The molecule has 0 aromatic heterocycles. The fourth-order valence-corrected chi connectivity index (χ4v) is 4.81. The van der Waals surface area contributed by atoms with Crippen LogP contribution in [0, 0.1) is 0 Å². The zero-order valence-corrected chi connectivity index (χ0v) is 17.1. The highest BCUT2D eigenvalue weighted by Gasteiger charge is 2.61. The van der Waals surface area contributed by atoms with Crippen LogP contribution in [-0.2, 0) is 19.3 Å². The van der Waals surface area contributed by atoms with E-state index in [-0.39, 0.29) is 22.9 Å². The summed E-state index contributed by atoms with van der Waals surface area (Å²) < 4.78 is 0.804. The van der Waals surface area contributed by atoms with Gasteiger partial charge in [0.1, 0.15) is 0 Å². The third-order valence-corrected chi connectivity index (χ3v) is 5.93. The Morgan fingerprint density at radius 1 is 1.35 bits per heavy atom. The van der Waals surface area contributed by atoms with Crippen molar-refractivity contribution in [2.24, 2.45) is 5.10 Å². The number of benzene rings is 1. The Labute approximate surface area is 164 Å². The van der Waals surface area contributed by atoms with Gasteiger partial charge in [0, 0.05) is 30.4 Å². The van der Waals surface area contributed by atoms with Gasteiger partial charge in [-0.1, -0.05) is 29.3 Å². The van der Waals surface area contributed by atoms with Crippen molar-refractivity contribution >= 4 is 56.3 Å². The second kappa shape index (κ2) is 7.03. The highest BCUT2D eigenvalue weighted by Crippen LogP contribution is 2.54. The van der Waals surface area contributed by atoms with E-state index in [0.717, 1.165) is 34.8 Å². The van der Waals surface area contributed by atoms with Gasteiger partial charge in [-0.2, -0.15) is 5.01 Å². The Bertz CT molecular complexity index is 828. The molecule has 0 bridgehead atoms. The number of hydrazone groups is 1. The minimum Gasteiger partial charge on any atom is -0.309 e. The van der Waals surface area contributed by atoms with Gasteiger partial charge in [-0.15, -0.1) is 5.10 Å². The topological polar surface area (TPSA) is 82.1 Å². The lowest BCUT2D eigenvalue weighted by Crippen LogP contribution is -2.48. The van der Waals surface area contributed by atoms with Crippen molar-refractivity contribution in [1.29, 1.82) is 0 Å². The van der Waals surface area contributed by atoms with Crippen LogP contribution in [0.3, 0.4) is 0 Å². The van der Waals surface area contributed by atoms with Gasteiger partial charge < -0.3 is 10.2 Å². The highest BCUT2D eigenvalue weighted by molar-refractivity contribution is 9.10. The summed E-state index contributed by atoms with van der Waals surface area (Å²) in [5.74, 6) is -0.891. The number of amides is 3. The van der Waals surface area contributed by atoms with Crippen LogP contribution in [0.25, 0.3) is 0 Å². The Balaban J connectivity index is 2.13. The lowest BCUT2D eigenvalue weighted by Gasteiger charge is -2.29. The molecule has 2 aliphatic rings. The summed E-state index contributed by atoms with van der Waals surface area (Å²) in [5.41, 5.74) is 1.46. The quantitative estimate of drug-likeness (QED) is 0.786. The maximum Gasteiger partial charge on any atom is 0.270 e. The number of nitrogens with one attached hydrogen (secondary N) is 1. The van der Waals surface area contributed by atoms with Crippen LogP contribution in [0.4, 0.5) is 5.69 Å². The Morgan fingerprint density at radius 3 is 2.69 bits per heavy atom. The fraction of sp³-hybridized carbons (Fsp3) is 0.412. The molecule has 0 saturated carbocycles. The van der Waals surface area contributed by atoms with Crippen molar-refractivity contribution in [3.05, 3.63) is 28.2 Å². The molecule has 1 aromatic carbocycles. The van der Waals surface area contributed by atoms with E-state index in [4.69, 9.17) is 0 Å². The van der Waals surface area contributed by atoms with Gasteiger partial charge in [0.05, 0.1) is 5.69 Å². The lowest BCUT2D eigenvalue weighted by atomic mass is 10.1. The maximum absolute atomic E-state index is 13.5. The number of fused-ring (bicyclic) bond motifs is 2. The lowest BCUT2D eigenvalue weighted by molar-refractivity contribution is -0.139. The fourth-order valence-electron chi connectivity index (χ4n) is 3.12. The van der Waals surface area contributed by atoms with E-state index in [1.54, 1.807) is 4.90 Å². The standard InChI is InChI=1S/C17H19BrN4O3S/c1-4-5-8-21-14-7-6-12(18)9-13(14)17(15(21)25)22(11(3)24)20-16(26-17)19-10(2)23/h6-7,9H,4-5,8H2,1-3H3,(H,19,20,23)/t17-/m0/s1. The van der Waals surface area contributed by atoms with Crippen molar-refractivity contribution in [1.82, 2.24) is 10.3 Å². The van der Waals surface area contributed by atoms with Crippen molar-refractivity contribution in [3.63, 3.8) is 0 Å². The first-order valence-electron chi connectivity index (χ1n) is 8.29. The molecule has 0 unspecified atom stereocenters. The van der Waals surface area contributed by atoms with Crippen molar-refractivity contribution in [2.45, 2.75) is 38.5 Å². The van der Waals surface area contributed by atoms with Crippen molar-refractivity contribution in [3.8, 4) is 0 Å². The third-order valence-electron chi connectivity index (χ3n) is 4.20. The second-order valence-electron chi connectivity index (χ2n) is 6.14.